The van der Waals surface area contributed by atoms with Gasteiger partial charge in [-0.25, -0.2) is 0 Å². The minimum Gasteiger partial charge on any atom is -0.495 e. The summed E-state index contributed by atoms with van der Waals surface area (Å²) in [6.45, 7) is 0.859. The van der Waals surface area contributed by atoms with E-state index in [1.807, 2.05) is 0 Å². The van der Waals surface area contributed by atoms with Gasteiger partial charge in [-0.2, -0.15) is 9.97 Å². The first kappa shape index (κ1) is 17.2. The van der Waals surface area contributed by atoms with E-state index >= 15 is 0 Å². The summed E-state index contributed by atoms with van der Waals surface area (Å²) in [6.07, 6.45) is 0. The highest BCUT2D eigenvalue weighted by atomic mass is 16.6. The van der Waals surface area contributed by atoms with Crippen molar-refractivity contribution in [1.29, 1.82) is 0 Å². The van der Waals surface area contributed by atoms with Gasteiger partial charge in [0.05, 0.1) is 24.3 Å². The number of hydrogen-bond acceptors (Lipinski definition) is 9. The van der Waals surface area contributed by atoms with Crippen molar-refractivity contribution in [2.24, 2.45) is 0 Å². The number of rotatable bonds is 8. The number of para-hydroxylation sites is 2. The van der Waals surface area contributed by atoms with Gasteiger partial charge in [-0.05, 0) is 12.1 Å². The Morgan fingerprint density at radius 2 is 2.04 bits per heavy atom. The SMILES string of the molecule is COCCNc1nc(N)c([N+](=O)[O-])c(Nc2ccccc2OC)n1. The Kier molecular flexibility index (Phi) is 5.68. The molecule has 2 rings (SSSR count). The molecule has 0 atom stereocenters. The molecule has 0 aliphatic heterocycles. The van der Waals surface area contributed by atoms with E-state index in [1.165, 1.54) is 7.11 Å². The zero-order valence-electron chi connectivity index (χ0n) is 13.3. The van der Waals surface area contributed by atoms with Crippen LogP contribution in [0.3, 0.4) is 0 Å². The lowest BCUT2D eigenvalue weighted by Crippen LogP contribution is -2.13. The van der Waals surface area contributed by atoms with E-state index in [0.29, 0.717) is 24.6 Å². The van der Waals surface area contributed by atoms with Gasteiger partial charge in [0.25, 0.3) is 0 Å². The van der Waals surface area contributed by atoms with Gasteiger partial charge in [0.15, 0.2) is 0 Å². The molecule has 0 aliphatic carbocycles. The molecule has 0 aliphatic rings. The zero-order chi connectivity index (χ0) is 17.5. The van der Waals surface area contributed by atoms with Crippen LogP contribution in [0.1, 0.15) is 0 Å². The highest BCUT2D eigenvalue weighted by molar-refractivity contribution is 5.76. The van der Waals surface area contributed by atoms with Crippen LogP contribution in [0, 0.1) is 10.1 Å². The van der Waals surface area contributed by atoms with Crippen molar-refractivity contribution in [1.82, 2.24) is 9.97 Å². The van der Waals surface area contributed by atoms with Crippen LogP contribution in [-0.2, 0) is 4.74 Å². The van der Waals surface area contributed by atoms with Gasteiger partial charge in [-0.1, -0.05) is 12.1 Å². The lowest BCUT2D eigenvalue weighted by atomic mass is 10.3. The Labute approximate surface area is 138 Å². The van der Waals surface area contributed by atoms with Crippen LogP contribution in [0.4, 0.5) is 29.0 Å². The number of nitrogens with two attached hydrogens (primary N) is 1. The first-order valence-corrected chi connectivity index (χ1v) is 7.01. The summed E-state index contributed by atoms with van der Waals surface area (Å²) in [5, 5.41) is 17.1. The van der Waals surface area contributed by atoms with E-state index in [0.717, 1.165) is 0 Å². The standard InChI is InChI=1S/C14H18N6O4/c1-23-8-7-16-14-18-12(15)11(20(21)22)13(19-14)17-9-5-3-4-6-10(9)24-2/h3-6H,7-8H2,1-2H3,(H4,15,16,17,18,19). The third-order valence-corrected chi connectivity index (χ3v) is 3.04. The summed E-state index contributed by atoms with van der Waals surface area (Å²) < 4.78 is 10.1. The monoisotopic (exact) mass is 334 g/mol. The zero-order valence-corrected chi connectivity index (χ0v) is 13.3. The lowest BCUT2D eigenvalue weighted by Gasteiger charge is -2.12. The lowest BCUT2D eigenvalue weighted by molar-refractivity contribution is -0.383. The normalized spacial score (nSPS) is 10.2. The van der Waals surface area contributed by atoms with Crippen LogP contribution >= 0.6 is 0 Å². The van der Waals surface area contributed by atoms with Crippen molar-refractivity contribution < 1.29 is 14.4 Å². The fourth-order valence-electron chi connectivity index (χ4n) is 1.96. The second kappa shape index (κ2) is 7.92. The molecule has 10 nitrogen and oxygen atoms in total. The molecule has 4 N–H and O–H groups in total. The molecule has 0 spiro atoms. The molecule has 1 aromatic heterocycles. The van der Waals surface area contributed by atoms with Crippen LogP contribution in [0.2, 0.25) is 0 Å². The number of methoxy groups -OCH3 is 2. The molecule has 0 saturated carbocycles. The van der Waals surface area contributed by atoms with Crippen LogP contribution in [-0.4, -0.2) is 42.3 Å². The highest BCUT2D eigenvalue weighted by Crippen LogP contribution is 2.34. The summed E-state index contributed by atoms with van der Waals surface area (Å²) in [5.41, 5.74) is 5.83. The first-order chi connectivity index (χ1) is 11.6. The molecular weight excluding hydrogens is 316 g/mol. The largest absolute Gasteiger partial charge is 0.495 e. The predicted molar refractivity (Wildman–Crippen MR) is 89.7 cm³/mol. The van der Waals surface area contributed by atoms with Crippen molar-refractivity contribution in [3.05, 3.63) is 34.4 Å². The molecule has 0 fully saturated rings. The molecule has 0 amide bonds. The summed E-state index contributed by atoms with van der Waals surface area (Å²) >= 11 is 0. The molecule has 1 heterocycles. The van der Waals surface area contributed by atoms with E-state index in [9.17, 15) is 10.1 Å². The average molecular weight is 334 g/mol. The molecule has 0 radical (unpaired) electrons. The Balaban J connectivity index is 2.39. The van der Waals surface area contributed by atoms with Crippen LogP contribution in [0.25, 0.3) is 0 Å². The summed E-state index contributed by atoms with van der Waals surface area (Å²) in [5.74, 6) is 0.398. The number of hydrogen-bond donors (Lipinski definition) is 3. The molecule has 0 unspecified atom stereocenters. The molecule has 2 aromatic rings. The Bertz CT molecular complexity index is 724. The number of aromatic nitrogens is 2. The van der Waals surface area contributed by atoms with Gasteiger partial charge in [0.2, 0.25) is 17.6 Å². The van der Waals surface area contributed by atoms with Crippen molar-refractivity contribution >= 4 is 29.0 Å². The molecule has 128 valence electrons. The Morgan fingerprint density at radius 3 is 2.71 bits per heavy atom. The van der Waals surface area contributed by atoms with Gasteiger partial charge in [0.1, 0.15) is 5.75 Å². The topological polar surface area (TPSA) is 137 Å². The van der Waals surface area contributed by atoms with E-state index in [-0.39, 0.29) is 17.6 Å². The highest BCUT2D eigenvalue weighted by Gasteiger charge is 2.24. The second-order valence-electron chi connectivity index (χ2n) is 4.63. The minimum atomic E-state index is -0.633. The van der Waals surface area contributed by atoms with E-state index in [2.05, 4.69) is 20.6 Å². The van der Waals surface area contributed by atoms with Crippen LogP contribution in [0.15, 0.2) is 24.3 Å². The molecule has 0 bridgehead atoms. The van der Waals surface area contributed by atoms with Crippen molar-refractivity contribution in [2.75, 3.05) is 43.7 Å². The maximum atomic E-state index is 11.3. The third-order valence-electron chi connectivity index (χ3n) is 3.04. The molecule has 0 saturated heterocycles. The predicted octanol–water partition coefficient (Wildman–Crippen LogP) is 1.78. The fourth-order valence-corrected chi connectivity index (χ4v) is 1.96. The van der Waals surface area contributed by atoms with Gasteiger partial charge < -0.3 is 25.8 Å². The van der Waals surface area contributed by atoms with E-state index in [1.54, 1.807) is 31.4 Å². The maximum Gasteiger partial charge on any atom is 0.353 e. The van der Waals surface area contributed by atoms with Crippen molar-refractivity contribution in [3.63, 3.8) is 0 Å². The number of nitrogens with one attached hydrogen (secondary N) is 2. The van der Waals surface area contributed by atoms with Gasteiger partial charge in [-0.15, -0.1) is 0 Å². The number of benzene rings is 1. The minimum absolute atomic E-state index is 0.0306. The number of anilines is 4. The first-order valence-electron chi connectivity index (χ1n) is 7.01. The Morgan fingerprint density at radius 1 is 1.29 bits per heavy atom. The fraction of sp³-hybridized carbons (Fsp3) is 0.286. The van der Waals surface area contributed by atoms with Crippen LogP contribution < -0.4 is 21.1 Å². The number of nitro groups is 1. The maximum absolute atomic E-state index is 11.3. The molecular formula is C14H18N6O4. The van der Waals surface area contributed by atoms with Crippen molar-refractivity contribution in [3.8, 4) is 5.75 Å². The van der Waals surface area contributed by atoms with Gasteiger partial charge >= 0.3 is 5.69 Å². The average Bonchev–Trinajstić information content (AvgIpc) is 2.55. The third kappa shape index (κ3) is 3.98. The summed E-state index contributed by atoms with van der Waals surface area (Å²) in [7, 11) is 3.06. The Hall–Kier alpha value is -3.14. The number of nitrogen functional groups attached to an aromatic ring is 1. The van der Waals surface area contributed by atoms with Gasteiger partial charge in [-0.3, -0.25) is 10.1 Å². The quantitative estimate of drug-likeness (QED) is 0.374. The second-order valence-corrected chi connectivity index (χ2v) is 4.63. The van der Waals surface area contributed by atoms with E-state index in [4.69, 9.17) is 15.2 Å². The molecule has 10 heteroatoms. The van der Waals surface area contributed by atoms with Crippen LogP contribution in [0.5, 0.6) is 5.75 Å². The molecule has 1 aromatic carbocycles. The van der Waals surface area contributed by atoms with Crippen molar-refractivity contribution in [2.45, 2.75) is 0 Å². The smallest absolute Gasteiger partial charge is 0.353 e. The number of ether oxygens (including phenoxy) is 2. The summed E-state index contributed by atoms with van der Waals surface area (Å²) in [4.78, 5) is 18.7. The molecule has 24 heavy (non-hydrogen) atoms. The number of nitrogens with zero attached hydrogens (tertiary/aromatic N) is 3. The van der Waals surface area contributed by atoms with E-state index < -0.39 is 10.6 Å². The van der Waals surface area contributed by atoms with Gasteiger partial charge in [0, 0.05) is 13.7 Å². The summed E-state index contributed by atoms with van der Waals surface area (Å²) in [6, 6.07) is 6.97.